The lowest BCUT2D eigenvalue weighted by Gasteiger charge is -2.09. The molecule has 172 valence electrons. The van der Waals surface area contributed by atoms with Crippen molar-refractivity contribution in [2.24, 2.45) is 0 Å². The minimum Gasteiger partial charge on any atom is -0.454 e. The maximum Gasteiger partial charge on any atom is 0.251 e. The number of hydrogen-bond acceptors (Lipinski definition) is 6. The van der Waals surface area contributed by atoms with Crippen molar-refractivity contribution in [3.63, 3.8) is 0 Å². The van der Waals surface area contributed by atoms with Crippen LogP contribution in [0.5, 0.6) is 11.5 Å². The van der Waals surface area contributed by atoms with Crippen molar-refractivity contribution in [2.75, 3.05) is 6.79 Å². The van der Waals surface area contributed by atoms with E-state index in [2.05, 4.69) is 51.3 Å². The number of aryl methyl sites for hydroxylation is 2. The van der Waals surface area contributed by atoms with Crippen LogP contribution in [0.2, 0.25) is 0 Å². The molecule has 5 rings (SSSR count). The highest BCUT2D eigenvalue weighted by Gasteiger charge is 2.14. The van der Waals surface area contributed by atoms with Gasteiger partial charge in [0, 0.05) is 23.5 Å². The number of nitrogens with one attached hydrogen (secondary N) is 1. The van der Waals surface area contributed by atoms with E-state index in [0.29, 0.717) is 17.9 Å². The fraction of sp³-hybridized carbons (Fsp3) is 0.192. The topological polar surface area (TPSA) is 78.3 Å². The molecule has 0 saturated heterocycles. The minimum absolute atomic E-state index is 0.119. The van der Waals surface area contributed by atoms with Gasteiger partial charge in [0.15, 0.2) is 16.7 Å². The minimum atomic E-state index is -0.119. The van der Waals surface area contributed by atoms with Crippen molar-refractivity contribution in [1.82, 2.24) is 20.1 Å². The van der Waals surface area contributed by atoms with Crippen LogP contribution < -0.4 is 14.8 Å². The fourth-order valence-electron chi connectivity index (χ4n) is 3.66. The molecule has 0 radical (unpaired) electrons. The molecule has 0 saturated carbocycles. The molecule has 1 aliphatic heterocycles. The van der Waals surface area contributed by atoms with Gasteiger partial charge in [0.2, 0.25) is 6.79 Å². The molecule has 1 amide bonds. The van der Waals surface area contributed by atoms with Crippen LogP contribution in [0.25, 0.3) is 5.69 Å². The van der Waals surface area contributed by atoms with Gasteiger partial charge in [-0.15, -0.1) is 10.2 Å². The quantitative estimate of drug-likeness (QED) is 0.388. The van der Waals surface area contributed by atoms with Gasteiger partial charge in [0.1, 0.15) is 5.82 Å². The summed E-state index contributed by atoms with van der Waals surface area (Å²) in [4.78, 5) is 12.6. The molecule has 1 aliphatic rings. The van der Waals surface area contributed by atoms with E-state index in [-0.39, 0.29) is 12.7 Å². The number of rotatable bonds is 7. The molecule has 4 aromatic rings. The van der Waals surface area contributed by atoms with Gasteiger partial charge in [-0.1, -0.05) is 47.7 Å². The molecular formula is C26H24N4O3S. The molecule has 0 spiro atoms. The molecule has 3 aromatic carbocycles. The zero-order chi connectivity index (χ0) is 23.5. The standard InChI is InChI=1S/C26H24N4O3S/c1-17-3-10-22(11-4-17)30-18(2)28-29-26(30)34-15-19-5-8-21(9-6-19)25(31)27-14-20-7-12-23-24(13-20)33-16-32-23/h3-13H,14-16H2,1-2H3,(H,27,31). The van der Waals surface area contributed by atoms with Crippen molar-refractivity contribution in [3.8, 4) is 17.2 Å². The Kier molecular flexibility index (Phi) is 6.22. The zero-order valence-electron chi connectivity index (χ0n) is 18.9. The predicted octanol–water partition coefficient (Wildman–Crippen LogP) is 4.84. The van der Waals surface area contributed by atoms with Crippen molar-refractivity contribution in [2.45, 2.75) is 31.3 Å². The van der Waals surface area contributed by atoms with Crippen molar-refractivity contribution in [1.29, 1.82) is 0 Å². The summed E-state index contributed by atoms with van der Waals surface area (Å²) in [7, 11) is 0. The summed E-state index contributed by atoms with van der Waals surface area (Å²) in [6.07, 6.45) is 0. The number of amides is 1. The monoisotopic (exact) mass is 472 g/mol. The van der Waals surface area contributed by atoms with E-state index in [4.69, 9.17) is 9.47 Å². The zero-order valence-corrected chi connectivity index (χ0v) is 19.8. The molecule has 34 heavy (non-hydrogen) atoms. The van der Waals surface area contributed by atoms with Crippen LogP contribution in [-0.2, 0) is 12.3 Å². The number of ether oxygens (including phenoxy) is 2. The van der Waals surface area contributed by atoms with Crippen LogP contribution in [0, 0.1) is 13.8 Å². The SMILES string of the molecule is Cc1ccc(-n2c(C)nnc2SCc2ccc(C(=O)NCc3ccc4c(c3)OCO4)cc2)cc1. The summed E-state index contributed by atoms with van der Waals surface area (Å²) in [5, 5.41) is 12.4. The van der Waals surface area contributed by atoms with E-state index < -0.39 is 0 Å². The van der Waals surface area contributed by atoms with Crippen LogP contribution >= 0.6 is 11.8 Å². The molecule has 0 fully saturated rings. The number of fused-ring (bicyclic) bond motifs is 1. The summed E-state index contributed by atoms with van der Waals surface area (Å²) in [6, 6.07) is 21.6. The molecular weight excluding hydrogens is 448 g/mol. The smallest absolute Gasteiger partial charge is 0.251 e. The molecule has 0 bridgehead atoms. The number of hydrogen-bond donors (Lipinski definition) is 1. The summed E-state index contributed by atoms with van der Waals surface area (Å²) in [5.74, 6) is 2.90. The van der Waals surface area contributed by atoms with Crippen LogP contribution in [0.15, 0.2) is 71.9 Å². The van der Waals surface area contributed by atoms with E-state index in [1.165, 1.54) is 5.56 Å². The average Bonchev–Trinajstić information content (AvgIpc) is 3.48. The molecule has 7 nitrogen and oxygen atoms in total. The summed E-state index contributed by atoms with van der Waals surface area (Å²) >= 11 is 1.62. The van der Waals surface area contributed by atoms with Crippen LogP contribution in [-0.4, -0.2) is 27.5 Å². The average molecular weight is 473 g/mol. The van der Waals surface area contributed by atoms with Crippen LogP contribution in [0.4, 0.5) is 0 Å². The second-order valence-corrected chi connectivity index (χ2v) is 9.00. The van der Waals surface area contributed by atoms with Gasteiger partial charge >= 0.3 is 0 Å². The first-order chi connectivity index (χ1) is 16.6. The number of nitrogens with zero attached hydrogens (tertiary/aromatic N) is 3. The Balaban J connectivity index is 1.19. The van der Waals surface area contributed by atoms with E-state index in [1.807, 2.05) is 49.4 Å². The highest BCUT2D eigenvalue weighted by Crippen LogP contribution is 2.32. The number of aromatic nitrogens is 3. The predicted molar refractivity (Wildman–Crippen MR) is 131 cm³/mol. The van der Waals surface area contributed by atoms with Gasteiger partial charge in [-0.05, 0) is 61.4 Å². The summed E-state index contributed by atoms with van der Waals surface area (Å²) in [5.41, 5.74) is 4.94. The van der Waals surface area contributed by atoms with Gasteiger partial charge in [0.25, 0.3) is 5.91 Å². The molecule has 1 aromatic heterocycles. The Hall–Kier alpha value is -3.78. The lowest BCUT2D eigenvalue weighted by molar-refractivity contribution is 0.0951. The fourth-order valence-corrected chi connectivity index (χ4v) is 4.62. The molecule has 2 heterocycles. The lowest BCUT2D eigenvalue weighted by Crippen LogP contribution is -2.22. The first kappa shape index (κ1) is 22.0. The van der Waals surface area contributed by atoms with Gasteiger partial charge in [0.05, 0.1) is 0 Å². The van der Waals surface area contributed by atoms with Gasteiger partial charge in [-0.2, -0.15) is 0 Å². The summed E-state index contributed by atoms with van der Waals surface area (Å²) in [6.45, 7) is 4.68. The van der Waals surface area contributed by atoms with Gasteiger partial charge < -0.3 is 14.8 Å². The number of carbonyl (C=O) groups excluding carboxylic acids is 1. The highest BCUT2D eigenvalue weighted by molar-refractivity contribution is 7.98. The first-order valence-corrected chi connectivity index (χ1v) is 11.9. The van der Waals surface area contributed by atoms with E-state index in [9.17, 15) is 4.79 Å². The molecule has 8 heteroatoms. The second-order valence-electron chi connectivity index (χ2n) is 8.06. The second kappa shape index (κ2) is 9.61. The van der Waals surface area contributed by atoms with Crippen molar-refractivity contribution >= 4 is 17.7 Å². The normalized spacial score (nSPS) is 12.1. The Morgan fingerprint density at radius 2 is 1.68 bits per heavy atom. The third kappa shape index (κ3) is 4.77. The number of thioether (sulfide) groups is 1. The molecule has 1 N–H and O–H groups in total. The van der Waals surface area contributed by atoms with Crippen molar-refractivity contribution < 1.29 is 14.3 Å². The van der Waals surface area contributed by atoms with Crippen LogP contribution in [0.1, 0.15) is 32.9 Å². The van der Waals surface area contributed by atoms with E-state index in [0.717, 1.165) is 39.3 Å². The van der Waals surface area contributed by atoms with E-state index in [1.54, 1.807) is 11.8 Å². The highest BCUT2D eigenvalue weighted by atomic mass is 32.2. The Bertz CT molecular complexity index is 1320. The van der Waals surface area contributed by atoms with E-state index >= 15 is 0 Å². The third-order valence-electron chi connectivity index (χ3n) is 5.56. The molecule has 0 unspecified atom stereocenters. The van der Waals surface area contributed by atoms with Crippen molar-refractivity contribution in [3.05, 3.63) is 94.8 Å². The Morgan fingerprint density at radius 1 is 0.941 bits per heavy atom. The summed E-state index contributed by atoms with van der Waals surface area (Å²) < 4.78 is 12.8. The third-order valence-corrected chi connectivity index (χ3v) is 6.56. The molecule has 0 aliphatic carbocycles. The Morgan fingerprint density at radius 3 is 2.47 bits per heavy atom. The largest absolute Gasteiger partial charge is 0.454 e. The number of benzene rings is 3. The molecule has 0 atom stereocenters. The lowest BCUT2D eigenvalue weighted by atomic mass is 10.1. The van der Waals surface area contributed by atoms with Gasteiger partial charge in [-0.3, -0.25) is 9.36 Å². The number of carbonyl (C=O) groups is 1. The Labute approximate surface area is 202 Å². The van der Waals surface area contributed by atoms with Crippen LogP contribution in [0.3, 0.4) is 0 Å². The maximum absolute atomic E-state index is 12.6. The van der Waals surface area contributed by atoms with Gasteiger partial charge in [-0.25, -0.2) is 0 Å². The first-order valence-electron chi connectivity index (χ1n) is 10.9. The maximum atomic E-state index is 12.6.